The first-order valence-electron chi connectivity index (χ1n) is 11.3. The van der Waals surface area contributed by atoms with Crippen LogP contribution in [0.2, 0.25) is 0 Å². The van der Waals surface area contributed by atoms with Crippen LogP contribution in [0.25, 0.3) is 22.0 Å². The predicted octanol–water partition coefficient (Wildman–Crippen LogP) is 4.26. The second-order valence-corrected chi connectivity index (χ2v) is 10.0. The number of methoxy groups -OCH3 is 1. The zero-order chi connectivity index (χ0) is 26.2. The fraction of sp³-hybridized carbons (Fsp3) is 0.240. The molecule has 12 heteroatoms. The molecule has 0 saturated carbocycles. The van der Waals surface area contributed by atoms with Crippen LogP contribution in [0, 0.1) is 18.6 Å². The Morgan fingerprint density at radius 1 is 1.08 bits per heavy atom. The number of sulfonamides is 1. The van der Waals surface area contributed by atoms with Crippen LogP contribution in [0.5, 0.6) is 11.6 Å². The van der Waals surface area contributed by atoms with Crippen molar-refractivity contribution in [3.05, 3.63) is 66.3 Å². The van der Waals surface area contributed by atoms with Crippen molar-refractivity contribution in [2.24, 2.45) is 0 Å². The maximum absolute atomic E-state index is 14.2. The summed E-state index contributed by atoms with van der Waals surface area (Å²) in [6, 6.07) is 7.35. The van der Waals surface area contributed by atoms with Crippen LogP contribution < -0.4 is 14.2 Å². The number of hydrogen-bond donors (Lipinski definition) is 1. The highest BCUT2D eigenvalue weighted by Crippen LogP contribution is 2.36. The summed E-state index contributed by atoms with van der Waals surface area (Å²) in [6.45, 7) is 2.92. The molecule has 1 fully saturated rings. The Hall–Kier alpha value is -3.90. The van der Waals surface area contributed by atoms with Gasteiger partial charge in [-0.3, -0.25) is 4.72 Å². The number of anilines is 1. The molecular formula is C25H22F2N4O5S. The quantitative estimate of drug-likeness (QED) is 0.379. The highest BCUT2D eigenvalue weighted by atomic mass is 32.2. The van der Waals surface area contributed by atoms with Crippen molar-refractivity contribution in [3.8, 4) is 22.8 Å². The van der Waals surface area contributed by atoms with Crippen LogP contribution >= 0.6 is 0 Å². The van der Waals surface area contributed by atoms with E-state index in [1.54, 1.807) is 6.07 Å². The summed E-state index contributed by atoms with van der Waals surface area (Å²) in [6.07, 6.45) is 3.59. The minimum Gasteiger partial charge on any atom is -0.486 e. The average molecular weight is 529 g/mol. The topological polar surface area (TPSA) is 113 Å². The zero-order valence-electron chi connectivity index (χ0n) is 19.9. The molecular weight excluding hydrogens is 506 g/mol. The van der Waals surface area contributed by atoms with Gasteiger partial charge in [0.2, 0.25) is 5.88 Å². The van der Waals surface area contributed by atoms with Crippen LogP contribution in [-0.2, 0) is 14.8 Å². The maximum atomic E-state index is 14.2. The largest absolute Gasteiger partial charge is 0.486 e. The predicted molar refractivity (Wildman–Crippen MR) is 131 cm³/mol. The van der Waals surface area contributed by atoms with Crippen LogP contribution in [0.3, 0.4) is 0 Å². The molecule has 1 aliphatic rings. The third kappa shape index (κ3) is 5.02. The highest BCUT2D eigenvalue weighted by Gasteiger charge is 2.23. The first kappa shape index (κ1) is 24.8. The smallest absolute Gasteiger partial charge is 0.264 e. The summed E-state index contributed by atoms with van der Waals surface area (Å²) >= 11 is 0. The standard InChI is InChI=1S/C25H22F2N4O5S/c1-14-19-7-15(9-22(24(19)30-13-29-14)36-18-5-6-35-12-18)16-8-21(25(34-2)28-11-16)31-37(32,33)23-4-3-17(26)10-20(23)27/h3-4,7-11,13,18,31H,5-6,12H2,1-2H3/t18-/m0/s1. The van der Waals surface area contributed by atoms with Crippen molar-refractivity contribution < 1.29 is 31.4 Å². The van der Waals surface area contributed by atoms with Crippen LogP contribution in [-0.4, -0.2) is 49.8 Å². The SMILES string of the molecule is COc1ncc(-c2cc(O[C@H]3CCOC3)c3ncnc(C)c3c2)cc1NS(=O)(=O)c1ccc(F)cc1F. The second-order valence-electron chi connectivity index (χ2n) is 8.39. The monoisotopic (exact) mass is 528 g/mol. The lowest BCUT2D eigenvalue weighted by Crippen LogP contribution is -2.16. The lowest BCUT2D eigenvalue weighted by Gasteiger charge is -2.17. The molecule has 37 heavy (non-hydrogen) atoms. The normalized spacial score (nSPS) is 15.6. The minimum atomic E-state index is -4.43. The number of aryl methyl sites for hydroxylation is 1. The van der Waals surface area contributed by atoms with E-state index >= 15 is 0 Å². The van der Waals surface area contributed by atoms with Gasteiger partial charge in [0.1, 0.15) is 45.9 Å². The Bertz CT molecular complexity index is 1590. The molecule has 0 amide bonds. The first-order chi connectivity index (χ1) is 17.7. The van der Waals surface area contributed by atoms with E-state index in [1.807, 2.05) is 13.0 Å². The van der Waals surface area contributed by atoms with Crippen molar-refractivity contribution in [2.45, 2.75) is 24.3 Å². The van der Waals surface area contributed by atoms with Gasteiger partial charge in [0.15, 0.2) is 0 Å². The second kappa shape index (κ2) is 9.87. The molecule has 5 rings (SSSR count). The molecule has 2 aromatic carbocycles. The van der Waals surface area contributed by atoms with E-state index in [1.165, 1.54) is 25.7 Å². The minimum absolute atomic E-state index is 0.0310. The number of aromatic nitrogens is 3. The molecule has 1 aliphatic heterocycles. The first-order valence-corrected chi connectivity index (χ1v) is 12.8. The summed E-state index contributed by atoms with van der Waals surface area (Å²) in [5, 5.41) is 0.750. The number of nitrogens with zero attached hydrogens (tertiary/aromatic N) is 3. The summed E-state index contributed by atoms with van der Waals surface area (Å²) in [4.78, 5) is 12.2. The lowest BCUT2D eigenvalue weighted by atomic mass is 10.0. The number of halogens is 2. The number of ether oxygens (including phenoxy) is 3. The van der Waals surface area contributed by atoms with Crippen molar-refractivity contribution in [1.82, 2.24) is 15.0 Å². The van der Waals surface area contributed by atoms with E-state index in [0.717, 1.165) is 29.6 Å². The van der Waals surface area contributed by atoms with Gasteiger partial charge in [-0.05, 0) is 42.8 Å². The number of pyridine rings is 1. The van der Waals surface area contributed by atoms with E-state index in [2.05, 4.69) is 19.7 Å². The van der Waals surface area contributed by atoms with Gasteiger partial charge in [-0.1, -0.05) is 0 Å². The van der Waals surface area contributed by atoms with Crippen molar-refractivity contribution >= 4 is 26.6 Å². The fourth-order valence-corrected chi connectivity index (χ4v) is 5.15. The summed E-state index contributed by atoms with van der Waals surface area (Å²) in [5.74, 6) is -1.62. The molecule has 1 atom stereocenters. The Balaban J connectivity index is 1.58. The highest BCUT2D eigenvalue weighted by molar-refractivity contribution is 7.92. The number of benzene rings is 2. The molecule has 9 nitrogen and oxygen atoms in total. The number of nitrogens with one attached hydrogen (secondary N) is 1. The average Bonchev–Trinajstić information content (AvgIpc) is 3.37. The van der Waals surface area contributed by atoms with E-state index in [0.29, 0.717) is 41.7 Å². The zero-order valence-corrected chi connectivity index (χ0v) is 20.7. The van der Waals surface area contributed by atoms with Gasteiger partial charge in [0.25, 0.3) is 10.0 Å². The third-order valence-corrected chi connectivity index (χ3v) is 7.29. The molecule has 192 valence electrons. The molecule has 4 aromatic rings. The van der Waals surface area contributed by atoms with Crippen molar-refractivity contribution in [2.75, 3.05) is 25.0 Å². The van der Waals surface area contributed by atoms with Crippen molar-refractivity contribution in [1.29, 1.82) is 0 Å². The summed E-state index contributed by atoms with van der Waals surface area (Å²) < 4.78 is 72.5. The molecule has 2 aromatic heterocycles. The fourth-order valence-electron chi connectivity index (χ4n) is 4.04. The van der Waals surface area contributed by atoms with Gasteiger partial charge in [-0.2, -0.15) is 0 Å². The van der Waals surface area contributed by atoms with Gasteiger partial charge in [-0.25, -0.2) is 32.2 Å². The van der Waals surface area contributed by atoms with E-state index in [9.17, 15) is 17.2 Å². The van der Waals surface area contributed by atoms with Gasteiger partial charge in [-0.15, -0.1) is 0 Å². The van der Waals surface area contributed by atoms with Crippen LogP contribution in [0.15, 0.2) is 53.8 Å². The van der Waals surface area contributed by atoms with E-state index in [-0.39, 0.29) is 17.7 Å². The van der Waals surface area contributed by atoms with Gasteiger partial charge >= 0.3 is 0 Å². The summed E-state index contributed by atoms with van der Waals surface area (Å²) in [5.41, 5.74) is 2.51. The molecule has 1 N–H and O–H groups in total. The molecule has 0 unspecified atom stereocenters. The molecule has 0 radical (unpaired) electrons. The van der Waals surface area contributed by atoms with Gasteiger partial charge in [0, 0.05) is 35.3 Å². The van der Waals surface area contributed by atoms with Crippen molar-refractivity contribution in [3.63, 3.8) is 0 Å². The molecule has 0 aliphatic carbocycles. The van der Waals surface area contributed by atoms with Gasteiger partial charge in [0.05, 0.1) is 20.3 Å². The third-order valence-electron chi connectivity index (χ3n) is 5.89. The Kier molecular flexibility index (Phi) is 6.61. The van der Waals surface area contributed by atoms with Crippen LogP contribution in [0.1, 0.15) is 12.1 Å². The molecule has 0 spiro atoms. The molecule has 1 saturated heterocycles. The van der Waals surface area contributed by atoms with Crippen LogP contribution in [0.4, 0.5) is 14.5 Å². The number of fused-ring (bicyclic) bond motifs is 1. The van der Waals surface area contributed by atoms with Gasteiger partial charge < -0.3 is 14.2 Å². The lowest BCUT2D eigenvalue weighted by molar-refractivity contribution is 0.142. The Labute approximate surface area is 211 Å². The van der Waals surface area contributed by atoms with E-state index < -0.39 is 26.6 Å². The number of hydrogen-bond acceptors (Lipinski definition) is 8. The Morgan fingerprint density at radius 3 is 2.65 bits per heavy atom. The molecule has 0 bridgehead atoms. The molecule has 3 heterocycles. The Morgan fingerprint density at radius 2 is 1.92 bits per heavy atom. The summed E-state index contributed by atoms with van der Waals surface area (Å²) in [7, 11) is -3.10. The maximum Gasteiger partial charge on any atom is 0.264 e. The number of rotatable bonds is 7. The van der Waals surface area contributed by atoms with E-state index in [4.69, 9.17) is 14.2 Å².